The Kier molecular flexibility index (Phi) is 17.1. The molecule has 0 aromatic heterocycles. The van der Waals surface area contributed by atoms with Crippen LogP contribution in [0.5, 0.6) is 0 Å². The van der Waals surface area contributed by atoms with Crippen LogP contribution in [0.2, 0.25) is 0 Å². The second-order valence-corrected chi connectivity index (χ2v) is 13.9. The van der Waals surface area contributed by atoms with Gasteiger partial charge in [0.15, 0.2) is 5.78 Å². The fourth-order valence-electron chi connectivity index (χ4n) is 5.33. The topological polar surface area (TPSA) is 116 Å². The van der Waals surface area contributed by atoms with Gasteiger partial charge in [-0.2, -0.15) is 0 Å². The van der Waals surface area contributed by atoms with Crippen LogP contribution in [0.15, 0.2) is 67.5 Å². The van der Waals surface area contributed by atoms with E-state index < -0.39 is 76.1 Å². The molecule has 0 bridgehead atoms. The van der Waals surface area contributed by atoms with E-state index >= 15 is 0 Å². The molecule has 1 heterocycles. The number of carbonyl (C=O) groups is 4. The highest BCUT2D eigenvalue weighted by Crippen LogP contribution is 2.43. The fraction of sp³-hybridized carbons (Fsp3) is 0.297. The molecule has 2 aliphatic rings. The summed E-state index contributed by atoms with van der Waals surface area (Å²) < 4.78 is 95.4. The predicted molar refractivity (Wildman–Crippen MR) is 194 cm³/mol. The van der Waals surface area contributed by atoms with Crippen molar-refractivity contribution in [1.29, 1.82) is 0 Å². The Labute approximate surface area is 330 Å². The zero-order valence-corrected chi connectivity index (χ0v) is 33.2. The van der Waals surface area contributed by atoms with E-state index in [9.17, 15) is 45.5 Å². The number of esters is 2. The van der Waals surface area contributed by atoms with Crippen LogP contribution in [0.1, 0.15) is 59.4 Å². The number of Topliss-reactive ketones (excluding diaryl/α,β-unsaturated/α-hetero) is 1. The molecule has 8 nitrogen and oxygen atoms in total. The average Bonchev–Trinajstić information content (AvgIpc) is 3.56. The van der Waals surface area contributed by atoms with Crippen molar-refractivity contribution in [2.24, 2.45) is 11.8 Å². The van der Waals surface area contributed by atoms with Gasteiger partial charge in [0.2, 0.25) is 0 Å². The second kappa shape index (κ2) is 20.8. The number of carbonyl (C=O) groups excluding carboxylic acids is 3. The standard InChI is InChI=1S/C19H19BrF2O3.C11H9BrF2O3.C7H3BrF2O2/c1-2-25-19(23)13-4-3-12(11-5-7-24-8-6-11)18(13)14-9-17(22)15(20)10-16(14)21;1-2-17-11(16)5-10(15)6-3-9(14)7(12)4-8(6)13;8-4-2-5(9)3(7(11)12)1-6(4)10/h3-4,9-12H,2,5-8H2,1H3;3-4H,2,5H2,1H3;1-2H,(H,11,12). The lowest BCUT2D eigenvalue weighted by Crippen LogP contribution is -2.23. The summed E-state index contributed by atoms with van der Waals surface area (Å²) >= 11 is 8.50. The predicted octanol–water partition coefficient (Wildman–Crippen LogP) is 9.95. The first-order chi connectivity index (χ1) is 25.5. The van der Waals surface area contributed by atoms with Gasteiger partial charge in [-0.05, 0) is 122 Å². The van der Waals surface area contributed by atoms with Crippen molar-refractivity contribution in [3.05, 3.63) is 119 Å². The summed E-state index contributed by atoms with van der Waals surface area (Å²) in [5.74, 6) is -8.04. The van der Waals surface area contributed by atoms with Gasteiger partial charge in [0.05, 0.1) is 43.3 Å². The minimum atomic E-state index is -1.49. The first kappa shape index (κ1) is 44.6. The molecule has 0 radical (unpaired) electrons. The van der Waals surface area contributed by atoms with E-state index in [1.165, 1.54) is 0 Å². The maximum Gasteiger partial charge on any atom is 0.338 e. The van der Waals surface area contributed by atoms with E-state index in [2.05, 4.69) is 52.5 Å². The Morgan fingerprint density at radius 3 is 1.76 bits per heavy atom. The molecule has 1 fully saturated rings. The van der Waals surface area contributed by atoms with Gasteiger partial charge >= 0.3 is 17.9 Å². The van der Waals surface area contributed by atoms with Crippen molar-refractivity contribution in [2.45, 2.75) is 33.1 Å². The molecular weight excluding hydrogens is 926 g/mol. The van der Waals surface area contributed by atoms with Crippen molar-refractivity contribution in [3.63, 3.8) is 0 Å². The number of aromatic carboxylic acids is 1. The fourth-order valence-corrected chi connectivity index (χ4v) is 6.28. The van der Waals surface area contributed by atoms with Crippen LogP contribution in [-0.4, -0.2) is 55.2 Å². The lowest BCUT2D eigenvalue weighted by atomic mass is 9.79. The van der Waals surface area contributed by atoms with Gasteiger partial charge in [0.1, 0.15) is 41.3 Å². The molecule has 1 aliphatic carbocycles. The van der Waals surface area contributed by atoms with Crippen molar-refractivity contribution in [2.75, 3.05) is 26.4 Å². The van der Waals surface area contributed by atoms with Gasteiger partial charge in [-0.1, -0.05) is 12.2 Å². The van der Waals surface area contributed by atoms with Gasteiger partial charge in [-0.25, -0.2) is 35.9 Å². The van der Waals surface area contributed by atoms with Crippen LogP contribution in [0.3, 0.4) is 0 Å². The summed E-state index contributed by atoms with van der Waals surface area (Å²) in [7, 11) is 0. The van der Waals surface area contributed by atoms with Gasteiger partial charge in [-0.3, -0.25) is 9.59 Å². The highest BCUT2D eigenvalue weighted by atomic mass is 79.9. The molecule has 54 heavy (non-hydrogen) atoms. The van der Waals surface area contributed by atoms with Crippen molar-refractivity contribution in [3.8, 4) is 0 Å². The van der Waals surface area contributed by atoms with Crippen molar-refractivity contribution < 1.29 is 64.8 Å². The molecule has 0 spiro atoms. The molecule has 17 heteroatoms. The first-order valence-corrected chi connectivity index (χ1v) is 18.4. The van der Waals surface area contributed by atoms with E-state index in [0.717, 1.165) is 43.2 Å². The Bertz CT molecular complexity index is 1960. The summed E-state index contributed by atoms with van der Waals surface area (Å²) in [5.41, 5.74) is -0.201. The number of hydrogen-bond acceptors (Lipinski definition) is 7. The normalized spacial score (nSPS) is 15.1. The third kappa shape index (κ3) is 11.8. The molecular formula is C37H31Br3F6O8. The summed E-state index contributed by atoms with van der Waals surface area (Å²) in [6.07, 6.45) is 4.60. The summed E-state index contributed by atoms with van der Waals surface area (Å²) in [6.45, 7) is 4.92. The molecule has 1 unspecified atom stereocenters. The van der Waals surface area contributed by atoms with Gasteiger partial charge < -0.3 is 19.3 Å². The van der Waals surface area contributed by atoms with Crippen molar-refractivity contribution in [1.82, 2.24) is 0 Å². The van der Waals surface area contributed by atoms with Crippen LogP contribution in [0, 0.1) is 46.7 Å². The summed E-state index contributed by atoms with van der Waals surface area (Å²) in [5, 5.41) is 8.36. The lowest BCUT2D eigenvalue weighted by Gasteiger charge is -2.29. The molecule has 3 aromatic rings. The molecule has 0 saturated carbocycles. The monoisotopic (exact) mass is 954 g/mol. The number of ketones is 1. The molecule has 1 N–H and O–H groups in total. The van der Waals surface area contributed by atoms with Crippen LogP contribution >= 0.6 is 47.8 Å². The molecule has 0 amide bonds. The van der Waals surface area contributed by atoms with Crippen LogP contribution < -0.4 is 0 Å². The number of benzene rings is 3. The summed E-state index contributed by atoms with van der Waals surface area (Å²) in [4.78, 5) is 45.1. The number of ether oxygens (including phenoxy) is 3. The Hall–Kier alpha value is -3.80. The average molecular weight is 957 g/mol. The Morgan fingerprint density at radius 2 is 1.22 bits per heavy atom. The minimum absolute atomic E-state index is 0.0561. The molecule has 3 aromatic carbocycles. The molecule has 5 rings (SSSR count). The Balaban J connectivity index is 0.000000235. The van der Waals surface area contributed by atoms with Crippen LogP contribution in [-0.2, 0) is 23.8 Å². The van der Waals surface area contributed by atoms with Gasteiger partial charge in [-0.15, -0.1) is 0 Å². The molecule has 1 aliphatic heterocycles. The second-order valence-electron chi connectivity index (χ2n) is 11.3. The number of allylic oxidation sites excluding steroid dienone is 2. The number of rotatable bonds is 9. The number of halogens is 9. The maximum atomic E-state index is 14.6. The SMILES string of the molecule is CCOC(=O)C1=C(c2cc(F)c(Br)cc2F)C(C2CCOCC2)C=C1.CCOC(=O)CC(=O)c1cc(F)c(Br)cc1F.O=C(O)c1cc(F)c(Br)cc1F. The van der Waals surface area contributed by atoms with E-state index in [1.807, 2.05) is 6.08 Å². The first-order valence-electron chi connectivity index (χ1n) is 16.0. The Morgan fingerprint density at radius 1 is 0.722 bits per heavy atom. The smallest absolute Gasteiger partial charge is 0.338 e. The van der Waals surface area contributed by atoms with Gasteiger partial charge in [0, 0.05) is 24.7 Å². The van der Waals surface area contributed by atoms with Crippen LogP contribution in [0.25, 0.3) is 5.57 Å². The quantitative estimate of drug-likeness (QED) is 0.0742. The van der Waals surface area contributed by atoms with Crippen LogP contribution in [0.4, 0.5) is 26.3 Å². The minimum Gasteiger partial charge on any atom is -0.478 e. The van der Waals surface area contributed by atoms with E-state index in [0.29, 0.717) is 30.4 Å². The van der Waals surface area contributed by atoms with Crippen molar-refractivity contribution >= 4 is 77.1 Å². The third-order valence-electron chi connectivity index (χ3n) is 7.82. The maximum absolute atomic E-state index is 14.6. The highest BCUT2D eigenvalue weighted by Gasteiger charge is 2.34. The third-order valence-corrected chi connectivity index (χ3v) is 9.65. The van der Waals surface area contributed by atoms with E-state index in [4.69, 9.17) is 14.6 Å². The lowest BCUT2D eigenvalue weighted by molar-refractivity contribution is -0.142. The van der Waals surface area contributed by atoms with E-state index in [-0.39, 0.29) is 44.0 Å². The molecule has 290 valence electrons. The largest absolute Gasteiger partial charge is 0.478 e. The zero-order chi connectivity index (χ0) is 40.3. The number of carboxylic acid groups (broad SMARTS) is 1. The zero-order valence-electron chi connectivity index (χ0n) is 28.4. The molecule has 1 saturated heterocycles. The summed E-state index contributed by atoms with van der Waals surface area (Å²) in [6, 6.07) is 5.24. The van der Waals surface area contributed by atoms with Gasteiger partial charge in [0.25, 0.3) is 0 Å². The number of hydrogen-bond donors (Lipinski definition) is 1. The number of carboxylic acids is 1. The van der Waals surface area contributed by atoms with E-state index in [1.54, 1.807) is 19.9 Å². The molecule has 1 atom stereocenters. The highest BCUT2D eigenvalue weighted by molar-refractivity contribution is 9.11.